The lowest BCUT2D eigenvalue weighted by Crippen LogP contribution is -2.57. The molecule has 3 aromatic carbocycles. The van der Waals surface area contributed by atoms with Gasteiger partial charge in [0.2, 0.25) is 17.7 Å². The molecule has 0 spiro atoms. The van der Waals surface area contributed by atoms with Crippen molar-refractivity contribution in [2.24, 2.45) is 11.5 Å². The van der Waals surface area contributed by atoms with Crippen LogP contribution in [-0.4, -0.2) is 59.3 Å². The SMILES string of the molecule is CC(=O)Oc1ccc(C[C@H](NC(=O)[C@H](CCCCN)NC(=O)c2cc3ccccc3[nH]2)C(=O)N[C@@H](Cc2ccccc2)C(N)=O)cc1. The molecule has 1 heterocycles. The van der Waals surface area contributed by atoms with E-state index in [1.165, 1.54) is 6.92 Å². The molecule has 0 saturated heterocycles. The van der Waals surface area contributed by atoms with Gasteiger partial charge in [-0.05, 0) is 61.2 Å². The van der Waals surface area contributed by atoms with E-state index in [-0.39, 0.29) is 25.0 Å². The number of primary amides is 1. The second kappa shape index (κ2) is 16.7. The number of nitrogens with one attached hydrogen (secondary N) is 4. The highest BCUT2D eigenvalue weighted by atomic mass is 16.5. The number of hydrogen-bond acceptors (Lipinski definition) is 7. The molecule has 0 aliphatic heterocycles. The number of hydrogen-bond donors (Lipinski definition) is 6. The molecule has 12 heteroatoms. The molecule has 0 fully saturated rings. The maximum absolute atomic E-state index is 13.8. The Balaban J connectivity index is 1.55. The number of aromatic amines is 1. The molecule has 4 rings (SSSR count). The lowest BCUT2D eigenvalue weighted by Gasteiger charge is -2.25. The molecule has 0 aliphatic rings. The van der Waals surface area contributed by atoms with Gasteiger partial charge in [0.25, 0.3) is 5.91 Å². The Kier molecular flexibility index (Phi) is 12.2. The van der Waals surface area contributed by atoms with E-state index in [0.717, 1.165) is 16.5 Å². The van der Waals surface area contributed by atoms with E-state index in [9.17, 15) is 24.0 Å². The van der Waals surface area contributed by atoms with Crippen molar-refractivity contribution in [1.29, 1.82) is 0 Å². The van der Waals surface area contributed by atoms with Gasteiger partial charge in [0.05, 0.1) is 0 Å². The Morgan fingerprint density at radius 3 is 2.02 bits per heavy atom. The number of para-hydroxylation sites is 1. The first kappa shape index (κ1) is 34.4. The molecule has 4 aromatic rings. The van der Waals surface area contributed by atoms with Crippen molar-refractivity contribution in [2.75, 3.05) is 6.54 Å². The number of esters is 1. The molecule has 8 N–H and O–H groups in total. The summed E-state index contributed by atoms with van der Waals surface area (Å²) in [6, 6.07) is 21.5. The summed E-state index contributed by atoms with van der Waals surface area (Å²) in [4.78, 5) is 67.5. The van der Waals surface area contributed by atoms with Gasteiger partial charge in [0.15, 0.2) is 0 Å². The third-order valence-electron chi connectivity index (χ3n) is 7.54. The zero-order valence-electron chi connectivity index (χ0n) is 26.2. The van der Waals surface area contributed by atoms with Gasteiger partial charge < -0.3 is 37.1 Å². The van der Waals surface area contributed by atoms with Crippen LogP contribution in [0.5, 0.6) is 5.75 Å². The van der Waals surface area contributed by atoms with Gasteiger partial charge in [0.1, 0.15) is 29.6 Å². The predicted octanol–water partition coefficient (Wildman–Crippen LogP) is 2.26. The molecule has 12 nitrogen and oxygen atoms in total. The van der Waals surface area contributed by atoms with Crippen LogP contribution in [0.15, 0.2) is 84.9 Å². The molecular weight excluding hydrogens is 600 g/mol. The lowest BCUT2D eigenvalue weighted by atomic mass is 10.0. The summed E-state index contributed by atoms with van der Waals surface area (Å²) >= 11 is 0. The predicted molar refractivity (Wildman–Crippen MR) is 177 cm³/mol. The summed E-state index contributed by atoms with van der Waals surface area (Å²) in [6.07, 6.45) is 1.64. The summed E-state index contributed by atoms with van der Waals surface area (Å²) in [7, 11) is 0. The molecule has 0 radical (unpaired) electrons. The number of rotatable bonds is 16. The number of carbonyl (C=O) groups is 5. The third-order valence-corrected chi connectivity index (χ3v) is 7.54. The van der Waals surface area contributed by atoms with E-state index in [0.29, 0.717) is 30.7 Å². The summed E-state index contributed by atoms with van der Waals surface area (Å²) in [5, 5.41) is 9.13. The smallest absolute Gasteiger partial charge is 0.308 e. The number of unbranched alkanes of at least 4 members (excludes halogenated alkanes) is 1. The Morgan fingerprint density at radius 1 is 0.745 bits per heavy atom. The highest BCUT2D eigenvalue weighted by Gasteiger charge is 2.30. The normalized spacial score (nSPS) is 12.8. The molecule has 0 bridgehead atoms. The van der Waals surface area contributed by atoms with E-state index in [2.05, 4.69) is 20.9 Å². The number of H-pyrrole nitrogens is 1. The number of benzene rings is 3. The number of nitrogens with two attached hydrogens (primary N) is 2. The fraction of sp³-hybridized carbons (Fsp3) is 0.286. The molecule has 47 heavy (non-hydrogen) atoms. The highest BCUT2D eigenvalue weighted by molar-refractivity contribution is 6.01. The Labute approximate surface area is 272 Å². The van der Waals surface area contributed by atoms with Crippen LogP contribution in [0.25, 0.3) is 10.9 Å². The number of fused-ring (bicyclic) bond motifs is 1. The summed E-state index contributed by atoms with van der Waals surface area (Å²) in [5.74, 6) is -2.58. The van der Waals surface area contributed by atoms with Gasteiger partial charge in [-0.2, -0.15) is 0 Å². The number of ether oxygens (including phenoxy) is 1. The number of carbonyl (C=O) groups excluding carboxylic acids is 5. The van der Waals surface area contributed by atoms with E-state index < -0.39 is 47.7 Å². The summed E-state index contributed by atoms with van der Waals surface area (Å²) < 4.78 is 5.10. The van der Waals surface area contributed by atoms with E-state index in [4.69, 9.17) is 16.2 Å². The van der Waals surface area contributed by atoms with Crippen molar-refractivity contribution in [1.82, 2.24) is 20.9 Å². The molecule has 0 aliphatic carbocycles. The van der Waals surface area contributed by atoms with Gasteiger partial charge in [-0.15, -0.1) is 0 Å². The number of aromatic nitrogens is 1. The average molecular weight is 641 g/mol. The lowest BCUT2D eigenvalue weighted by molar-refractivity contribution is -0.132. The van der Waals surface area contributed by atoms with E-state index in [1.54, 1.807) is 30.3 Å². The highest BCUT2D eigenvalue weighted by Crippen LogP contribution is 2.16. The second-order valence-corrected chi connectivity index (χ2v) is 11.2. The van der Waals surface area contributed by atoms with Crippen LogP contribution in [0.4, 0.5) is 0 Å². The average Bonchev–Trinajstić information content (AvgIpc) is 3.49. The van der Waals surface area contributed by atoms with Gasteiger partial charge in [-0.25, -0.2) is 0 Å². The summed E-state index contributed by atoms with van der Waals surface area (Å²) in [6.45, 7) is 1.70. The van der Waals surface area contributed by atoms with Gasteiger partial charge in [-0.1, -0.05) is 60.7 Å². The fourth-order valence-electron chi connectivity index (χ4n) is 5.11. The summed E-state index contributed by atoms with van der Waals surface area (Å²) in [5.41, 5.74) is 13.8. The second-order valence-electron chi connectivity index (χ2n) is 11.2. The van der Waals surface area contributed by atoms with Crippen LogP contribution in [-0.2, 0) is 32.0 Å². The molecule has 246 valence electrons. The zero-order chi connectivity index (χ0) is 33.8. The van der Waals surface area contributed by atoms with Crippen molar-refractivity contribution in [3.05, 3.63) is 102 Å². The van der Waals surface area contributed by atoms with Gasteiger partial charge in [-0.3, -0.25) is 24.0 Å². The van der Waals surface area contributed by atoms with E-state index in [1.807, 2.05) is 54.6 Å². The van der Waals surface area contributed by atoms with Crippen LogP contribution in [0.3, 0.4) is 0 Å². The Morgan fingerprint density at radius 2 is 1.36 bits per heavy atom. The first-order valence-corrected chi connectivity index (χ1v) is 15.4. The Hall–Kier alpha value is -5.49. The molecule has 0 unspecified atom stereocenters. The van der Waals surface area contributed by atoms with Crippen molar-refractivity contribution >= 4 is 40.5 Å². The fourth-order valence-corrected chi connectivity index (χ4v) is 5.11. The van der Waals surface area contributed by atoms with Crippen LogP contribution in [0, 0.1) is 0 Å². The molecule has 3 atom stereocenters. The van der Waals surface area contributed by atoms with E-state index >= 15 is 0 Å². The molecule has 4 amide bonds. The minimum Gasteiger partial charge on any atom is -0.427 e. The third kappa shape index (κ3) is 10.3. The topological polar surface area (TPSA) is 198 Å². The zero-order valence-corrected chi connectivity index (χ0v) is 26.2. The maximum atomic E-state index is 13.8. The number of amides is 4. The Bertz CT molecular complexity index is 1650. The molecular formula is C35H40N6O6. The minimum atomic E-state index is -1.15. The standard InChI is InChI=1S/C35H40N6O6/c1-22(42)47-26-16-14-24(15-17-26)20-30(34(45)40-29(32(37)43)19-23-9-3-2-4-10-23)41-33(44)28(13-7-8-18-36)39-35(46)31-21-25-11-5-6-12-27(25)38-31/h2-6,9-12,14-17,21,28-30,38H,7-8,13,18-20,36H2,1H3,(H2,37,43)(H,39,46)(H,40,45)(H,41,44)/t28-,29-,30-/m0/s1. The molecule has 0 saturated carbocycles. The minimum absolute atomic E-state index is 0.0280. The quantitative estimate of drug-likeness (QED) is 0.0613. The van der Waals surface area contributed by atoms with Crippen LogP contribution >= 0.6 is 0 Å². The van der Waals surface area contributed by atoms with Crippen molar-refractivity contribution in [3.63, 3.8) is 0 Å². The maximum Gasteiger partial charge on any atom is 0.308 e. The monoisotopic (exact) mass is 640 g/mol. The van der Waals surface area contributed by atoms with Gasteiger partial charge >= 0.3 is 5.97 Å². The van der Waals surface area contributed by atoms with Crippen molar-refractivity contribution in [2.45, 2.75) is 57.2 Å². The van der Waals surface area contributed by atoms with Crippen molar-refractivity contribution < 1.29 is 28.7 Å². The largest absolute Gasteiger partial charge is 0.427 e. The van der Waals surface area contributed by atoms with Crippen LogP contribution in [0.1, 0.15) is 47.8 Å². The van der Waals surface area contributed by atoms with Gasteiger partial charge in [0, 0.05) is 30.7 Å². The van der Waals surface area contributed by atoms with Crippen LogP contribution < -0.4 is 32.2 Å². The molecule has 1 aromatic heterocycles. The first-order valence-electron chi connectivity index (χ1n) is 15.4. The van der Waals surface area contributed by atoms with Crippen LogP contribution in [0.2, 0.25) is 0 Å². The first-order chi connectivity index (χ1) is 22.6. The van der Waals surface area contributed by atoms with Crippen molar-refractivity contribution in [3.8, 4) is 5.75 Å².